The van der Waals surface area contributed by atoms with Crippen LogP contribution in [0.25, 0.3) is 0 Å². The molecule has 24 heavy (non-hydrogen) atoms. The first-order chi connectivity index (χ1) is 11.6. The van der Waals surface area contributed by atoms with Gasteiger partial charge in [-0.15, -0.1) is 0 Å². The summed E-state index contributed by atoms with van der Waals surface area (Å²) in [6.45, 7) is 2.17. The van der Waals surface area contributed by atoms with Crippen molar-refractivity contribution in [3.05, 3.63) is 40.3 Å². The van der Waals surface area contributed by atoms with Gasteiger partial charge in [0.2, 0.25) is 0 Å². The number of H-pyrrole nitrogens is 1. The summed E-state index contributed by atoms with van der Waals surface area (Å²) < 4.78 is 6.13. The average Bonchev–Trinajstić information content (AvgIpc) is 3.06. The minimum atomic E-state index is -1.03. The molecule has 126 valence electrons. The van der Waals surface area contributed by atoms with Crippen molar-refractivity contribution in [3.8, 4) is 0 Å². The molecule has 2 aromatic rings. The van der Waals surface area contributed by atoms with E-state index in [9.17, 15) is 4.79 Å². The lowest BCUT2D eigenvalue weighted by atomic mass is 9.84. The van der Waals surface area contributed by atoms with Crippen LogP contribution in [0.4, 0.5) is 5.82 Å². The van der Waals surface area contributed by atoms with E-state index in [1.807, 2.05) is 6.20 Å². The summed E-state index contributed by atoms with van der Waals surface area (Å²) in [6, 6.07) is 1.45. The third-order valence-corrected chi connectivity index (χ3v) is 5.14. The van der Waals surface area contributed by atoms with Gasteiger partial charge in [0.1, 0.15) is 11.4 Å². The van der Waals surface area contributed by atoms with E-state index in [0.29, 0.717) is 17.4 Å². The number of aromatic carboxylic acids is 1. The number of carboxylic acid groups (broad SMARTS) is 1. The zero-order valence-electron chi connectivity index (χ0n) is 13.0. The number of nitrogens with one attached hydrogen (secondary N) is 1. The van der Waals surface area contributed by atoms with Crippen LogP contribution in [-0.2, 0) is 16.8 Å². The van der Waals surface area contributed by atoms with Crippen LogP contribution >= 0.6 is 11.6 Å². The van der Waals surface area contributed by atoms with E-state index in [4.69, 9.17) is 21.4 Å². The zero-order valence-corrected chi connectivity index (χ0v) is 13.7. The summed E-state index contributed by atoms with van der Waals surface area (Å²) in [7, 11) is 0. The van der Waals surface area contributed by atoms with E-state index in [2.05, 4.69) is 20.1 Å². The smallest absolute Gasteiger partial charge is 0.337 e. The van der Waals surface area contributed by atoms with E-state index in [0.717, 1.165) is 38.0 Å². The number of anilines is 1. The van der Waals surface area contributed by atoms with Gasteiger partial charge in [-0.1, -0.05) is 11.6 Å². The zero-order chi connectivity index (χ0) is 16.7. The van der Waals surface area contributed by atoms with Crippen LogP contribution in [0.5, 0.6) is 0 Å². The normalized spacial score (nSPS) is 19.3. The van der Waals surface area contributed by atoms with Crippen LogP contribution in [0.3, 0.4) is 0 Å². The van der Waals surface area contributed by atoms with Crippen molar-refractivity contribution < 1.29 is 14.6 Å². The molecule has 2 aliphatic rings. The summed E-state index contributed by atoms with van der Waals surface area (Å²) >= 11 is 6.23. The van der Waals surface area contributed by atoms with Crippen LogP contribution in [0, 0.1) is 0 Å². The number of aromatic nitrogens is 3. The quantitative estimate of drug-likeness (QED) is 0.864. The second-order valence-electron chi connectivity index (χ2n) is 6.18. The number of halogens is 1. The largest absolute Gasteiger partial charge is 0.478 e. The Morgan fingerprint density at radius 2 is 2.17 bits per heavy atom. The highest BCUT2D eigenvalue weighted by Gasteiger charge is 2.42. The van der Waals surface area contributed by atoms with Crippen molar-refractivity contribution in [2.24, 2.45) is 0 Å². The third kappa shape index (κ3) is 2.44. The van der Waals surface area contributed by atoms with Crippen LogP contribution in [-0.4, -0.2) is 46.0 Å². The molecule has 7 nitrogen and oxygen atoms in total. The van der Waals surface area contributed by atoms with Crippen LogP contribution in [0.2, 0.25) is 5.02 Å². The Bertz CT molecular complexity index is 783. The number of nitrogens with zero attached hydrogens (tertiary/aromatic N) is 3. The highest BCUT2D eigenvalue weighted by molar-refractivity contribution is 6.33. The first kappa shape index (κ1) is 15.4. The van der Waals surface area contributed by atoms with Gasteiger partial charge in [0.15, 0.2) is 0 Å². The number of hydrogen-bond donors (Lipinski definition) is 2. The first-order valence-electron chi connectivity index (χ1n) is 7.89. The Morgan fingerprint density at radius 1 is 1.38 bits per heavy atom. The SMILES string of the molecule is O=C(O)c1cnc(N2CCC3(CC2)OCCc2cn[nH]c23)c(Cl)c1. The molecule has 2 aliphatic heterocycles. The summed E-state index contributed by atoms with van der Waals surface area (Å²) in [4.78, 5) is 17.3. The minimum Gasteiger partial charge on any atom is -0.478 e. The molecule has 0 unspecified atom stereocenters. The molecule has 4 rings (SSSR count). The molecule has 0 radical (unpaired) electrons. The van der Waals surface area contributed by atoms with E-state index < -0.39 is 5.97 Å². The fourth-order valence-electron chi connectivity index (χ4n) is 3.58. The summed E-state index contributed by atoms with van der Waals surface area (Å²) in [5.74, 6) is -0.409. The number of rotatable bonds is 2. The van der Waals surface area contributed by atoms with Crippen molar-refractivity contribution in [3.63, 3.8) is 0 Å². The Labute approximate surface area is 143 Å². The number of fused-ring (bicyclic) bond motifs is 2. The Balaban J connectivity index is 1.54. The minimum absolute atomic E-state index is 0.0925. The van der Waals surface area contributed by atoms with Crippen LogP contribution in [0.15, 0.2) is 18.5 Å². The molecule has 1 spiro atoms. The number of aromatic amines is 1. The number of hydrogen-bond acceptors (Lipinski definition) is 5. The lowest BCUT2D eigenvalue weighted by Crippen LogP contribution is -2.47. The van der Waals surface area contributed by atoms with Gasteiger partial charge in [-0.05, 0) is 30.9 Å². The molecule has 0 amide bonds. The lowest BCUT2D eigenvalue weighted by Gasteiger charge is -2.43. The fourth-order valence-corrected chi connectivity index (χ4v) is 3.86. The average molecular weight is 349 g/mol. The van der Waals surface area contributed by atoms with Gasteiger partial charge < -0.3 is 14.7 Å². The first-order valence-corrected chi connectivity index (χ1v) is 8.27. The molecule has 1 fully saturated rings. The molecule has 4 heterocycles. The van der Waals surface area contributed by atoms with Crippen LogP contribution < -0.4 is 4.90 Å². The van der Waals surface area contributed by atoms with Crippen LogP contribution in [0.1, 0.15) is 34.5 Å². The molecule has 0 aliphatic carbocycles. The number of ether oxygens (including phenoxy) is 1. The number of pyridine rings is 1. The maximum atomic E-state index is 11.0. The van der Waals surface area contributed by atoms with Gasteiger partial charge in [-0.2, -0.15) is 5.10 Å². The second-order valence-corrected chi connectivity index (χ2v) is 6.59. The van der Waals surface area contributed by atoms with Crippen molar-refractivity contribution >= 4 is 23.4 Å². The van der Waals surface area contributed by atoms with Crippen molar-refractivity contribution in [1.82, 2.24) is 15.2 Å². The predicted molar refractivity (Wildman–Crippen MR) is 87.6 cm³/mol. The molecular weight excluding hydrogens is 332 g/mol. The Kier molecular flexibility index (Phi) is 3.69. The van der Waals surface area contributed by atoms with Gasteiger partial charge in [0.25, 0.3) is 0 Å². The fraction of sp³-hybridized carbons (Fsp3) is 0.438. The van der Waals surface area contributed by atoms with Gasteiger partial charge in [-0.3, -0.25) is 5.10 Å². The molecule has 0 aromatic carbocycles. The summed E-state index contributed by atoms with van der Waals surface area (Å²) in [6.07, 6.45) is 5.73. The Morgan fingerprint density at radius 3 is 2.88 bits per heavy atom. The maximum absolute atomic E-state index is 11.0. The van der Waals surface area contributed by atoms with Gasteiger partial charge >= 0.3 is 5.97 Å². The molecule has 1 saturated heterocycles. The highest BCUT2D eigenvalue weighted by Crippen LogP contribution is 2.41. The van der Waals surface area contributed by atoms with Gasteiger partial charge in [-0.25, -0.2) is 9.78 Å². The Hall–Kier alpha value is -2.12. The summed E-state index contributed by atoms with van der Waals surface area (Å²) in [5.41, 5.74) is 2.11. The molecule has 8 heteroatoms. The molecule has 0 saturated carbocycles. The molecule has 0 bridgehead atoms. The van der Waals surface area contributed by atoms with Crippen molar-refractivity contribution in [2.75, 3.05) is 24.6 Å². The standard InChI is InChI=1S/C16H17ClN4O3/c17-12-7-11(15(22)23)8-18-14(12)21-4-2-16(3-5-21)13-10(1-6-24-16)9-19-20-13/h7-9H,1-6H2,(H,19,20)(H,22,23). The third-order valence-electron chi connectivity index (χ3n) is 4.86. The van der Waals surface area contributed by atoms with E-state index >= 15 is 0 Å². The van der Waals surface area contributed by atoms with Crippen molar-refractivity contribution in [1.29, 1.82) is 0 Å². The molecular formula is C16H17ClN4O3. The predicted octanol–water partition coefficient (Wildman–Crippen LogP) is 2.22. The monoisotopic (exact) mass is 348 g/mol. The number of carboxylic acids is 1. The molecule has 2 aromatic heterocycles. The van der Waals surface area contributed by atoms with E-state index in [1.165, 1.54) is 17.8 Å². The maximum Gasteiger partial charge on any atom is 0.337 e. The van der Waals surface area contributed by atoms with E-state index in [1.54, 1.807) is 0 Å². The molecule has 0 atom stereocenters. The van der Waals surface area contributed by atoms with E-state index in [-0.39, 0.29) is 11.2 Å². The van der Waals surface area contributed by atoms with Gasteiger partial charge in [0, 0.05) is 19.3 Å². The van der Waals surface area contributed by atoms with Crippen molar-refractivity contribution in [2.45, 2.75) is 24.9 Å². The van der Waals surface area contributed by atoms with Gasteiger partial charge in [0.05, 0.1) is 29.1 Å². The number of carbonyl (C=O) groups is 1. The molecule has 2 N–H and O–H groups in total. The summed E-state index contributed by atoms with van der Waals surface area (Å²) in [5, 5.41) is 16.6. The number of piperidine rings is 1. The topological polar surface area (TPSA) is 91.3 Å². The lowest BCUT2D eigenvalue weighted by molar-refractivity contribution is -0.0796. The second kappa shape index (κ2) is 5.75. The highest BCUT2D eigenvalue weighted by atomic mass is 35.5.